The number of amides is 1. The fraction of sp³-hybridized carbons (Fsp3) is 0.250. The molecule has 0 saturated heterocycles. The summed E-state index contributed by atoms with van der Waals surface area (Å²) in [4.78, 5) is 11.0. The summed E-state index contributed by atoms with van der Waals surface area (Å²) in [7, 11) is 0. The molecule has 0 bridgehead atoms. The summed E-state index contributed by atoms with van der Waals surface area (Å²) in [6.45, 7) is 0.781. The van der Waals surface area contributed by atoms with Crippen LogP contribution in [-0.4, -0.2) is 17.0 Å². The molecule has 0 aliphatic rings. The summed E-state index contributed by atoms with van der Waals surface area (Å²) in [5.74, 6) is -0.346. The molecule has 0 saturated carbocycles. The van der Waals surface area contributed by atoms with E-state index in [9.17, 15) is 4.79 Å². The van der Waals surface area contributed by atoms with E-state index in [-0.39, 0.29) is 12.5 Å². The second-order valence-corrected chi connectivity index (χ2v) is 4.86. The van der Waals surface area contributed by atoms with Gasteiger partial charge in [0.2, 0.25) is 5.91 Å². The van der Waals surface area contributed by atoms with E-state index in [0.29, 0.717) is 6.54 Å². The molecule has 2 aromatic rings. The van der Waals surface area contributed by atoms with Gasteiger partial charge in [0.15, 0.2) is 0 Å². The third-order valence-corrected chi connectivity index (χ3v) is 3.16. The van der Waals surface area contributed by atoms with Crippen LogP contribution in [0.4, 0.5) is 0 Å². The van der Waals surface area contributed by atoms with Crippen LogP contribution < -0.4 is 11.5 Å². The third kappa shape index (κ3) is 2.50. The molecule has 1 aromatic heterocycles. The lowest BCUT2D eigenvalue weighted by molar-refractivity contribution is -0.118. The number of carbonyl (C=O) groups excluding carboxylic acids is 1. The Bertz CT molecular complexity index is 562. The molecular weight excluding hydrogens is 282 g/mol. The predicted molar refractivity (Wildman–Crippen MR) is 71.6 cm³/mol. The van der Waals surface area contributed by atoms with Crippen molar-refractivity contribution >= 4 is 32.7 Å². The fourth-order valence-corrected chi connectivity index (χ4v) is 2.34. The Morgan fingerprint density at radius 1 is 1.41 bits per heavy atom. The number of rotatable bonds is 4. The van der Waals surface area contributed by atoms with Gasteiger partial charge in [-0.3, -0.25) is 4.79 Å². The Morgan fingerprint density at radius 2 is 2.18 bits per heavy atom. The van der Waals surface area contributed by atoms with Crippen LogP contribution in [0.3, 0.4) is 0 Å². The van der Waals surface area contributed by atoms with Gasteiger partial charge in [-0.2, -0.15) is 0 Å². The Morgan fingerprint density at radius 3 is 2.82 bits per heavy atom. The van der Waals surface area contributed by atoms with Crippen LogP contribution >= 0.6 is 15.9 Å². The molecule has 1 aromatic carbocycles. The molecule has 0 fully saturated rings. The van der Waals surface area contributed by atoms with Crippen LogP contribution in [0.25, 0.3) is 10.9 Å². The zero-order valence-electron chi connectivity index (χ0n) is 9.32. The van der Waals surface area contributed by atoms with Gasteiger partial charge in [0.05, 0.1) is 0 Å². The predicted octanol–water partition coefficient (Wildman–Crippen LogP) is 1.39. The molecule has 2 rings (SSSR count). The summed E-state index contributed by atoms with van der Waals surface area (Å²) in [6.07, 6.45) is 2.75. The minimum absolute atomic E-state index is 0.192. The van der Waals surface area contributed by atoms with E-state index < -0.39 is 0 Å². The quantitative estimate of drug-likeness (QED) is 0.894. The topological polar surface area (TPSA) is 74.0 Å². The monoisotopic (exact) mass is 295 g/mol. The number of nitrogens with two attached hydrogens (primary N) is 2. The third-order valence-electron chi connectivity index (χ3n) is 2.67. The van der Waals surface area contributed by atoms with Crippen LogP contribution in [0, 0.1) is 0 Å². The van der Waals surface area contributed by atoms with E-state index in [1.54, 1.807) is 0 Å². The molecule has 4 nitrogen and oxygen atoms in total. The Hall–Kier alpha value is -1.33. The molecule has 0 atom stereocenters. The Kier molecular flexibility index (Phi) is 3.49. The largest absolute Gasteiger partial charge is 0.368 e. The molecule has 5 heteroatoms. The van der Waals surface area contributed by atoms with E-state index >= 15 is 0 Å². The number of hydrogen-bond donors (Lipinski definition) is 2. The van der Waals surface area contributed by atoms with Crippen molar-refractivity contribution in [1.82, 2.24) is 4.57 Å². The summed E-state index contributed by atoms with van der Waals surface area (Å²) in [5.41, 5.74) is 13.0. The first-order valence-electron chi connectivity index (χ1n) is 5.37. The first kappa shape index (κ1) is 12.1. The number of nitrogens with zero attached hydrogens (tertiary/aromatic N) is 1. The van der Waals surface area contributed by atoms with Crippen molar-refractivity contribution in [2.75, 3.05) is 6.54 Å². The smallest absolute Gasteiger partial charge is 0.237 e. The van der Waals surface area contributed by atoms with Crippen molar-refractivity contribution in [3.63, 3.8) is 0 Å². The highest BCUT2D eigenvalue weighted by molar-refractivity contribution is 9.10. The highest BCUT2D eigenvalue weighted by Gasteiger charge is 2.09. The highest BCUT2D eigenvalue weighted by Crippen LogP contribution is 2.25. The lowest BCUT2D eigenvalue weighted by Crippen LogP contribution is -2.17. The number of halogens is 1. The number of fused-ring (bicyclic) bond motifs is 1. The number of hydrogen-bond acceptors (Lipinski definition) is 2. The van der Waals surface area contributed by atoms with E-state index in [0.717, 1.165) is 27.4 Å². The number of carbonyl (C=O) groups is 1. The van der Waals surface area contributed by atoms with Crippen molar-refractivity contribution in [2.24, 2.45) is 11.5 Å². The molecule has 0 aliphatic heterocycles. The van der Waals surface area contributed by atoms with Crippen molar-refractivity contribution in [3.8, 4) is 0 Å². The number of primary amides is 1. The SMILES string of the molecule is NCCc1cn(CC(N)=O)c2cc(Br)ccc12. The Balaban J connectivity index is 2.57. The summed E-state index contributed by atoms with van der Waals surface area (Å²) < 4.78 is 2.85. The number of aromatic nitrogens is 1. The van der Waals surface area contributed by atoms with Crippen molar-refractivity contribution in [2.45, 2.75) is 13.0 Å². The maximum Gasteiger partial charge on any atom is 0.237 e. The molecule has 17 heavy (non-hydrogen) atoms. The van der Waals surface area contributed by atoms with Gasteiger partial charge in [0.25, 0.3) is 0 Å². The average Bonchev–Trinajstić information content (AvgIpc) is 2.56. The van der Waals surface area contributed by atoms with Crippen molar-refractivity contribution < 1.29 is 4.79 Å². The normalized spacial score (nSPS) is 10.9. The van der Waals surface area contributed by atoms with Gasteiger partial charge in [0, 0.05) is 21.6 Å². The van der Waals surface area contributed by atoms with Crippen molar-refractivity contribution in [3.05, 3.63) is 34.4 Å². The standard InChI is InChI=1S/C12H14BrN3O/c13-9-1-2-10-8(3-4-14)6-16(7-12(15)17)11(10)5-9/h1-2,5-6H,3-4,7,14H2,(H2,15,17). The minimum atomic E-state index is -0.346. The maximum absolute atomic E-state index is 11.0. The molecular formula is C12H14BrN3O. The summed E-state index contributed by atoms with van der Waals surface area (Å²) in [5, 5.41) is 1.12. The maximum atomic E-state index is 11.0. The zero-order valence-corrected chi connectivity index (χ0v) is 10.9. The van der Waals surface area contributed by atoms with E-state index in [1.807, 2.05) is 29.0 Å². The van der Waals surface area contributed by atoms with Gasteiger partial charge >= 0.3 is 0 Å². The molecule has 4 N–H and O–H groups in total. The Labute approximate surface area is 108 Å². The highest BCUT2D eigenvalue weighted by atomic mass is 79.9. The molecule has 1 amide bonds. The molecule has 0 unspecified atom stereocenters. The van der Waals surface area contributed by atoms with E-state index in [2.05, 4.69) is 15.9 Å². The lowest BCUT2D eigenvalue weighted by Gasteiger charge is -2.01. The van der Waals surface area contributed by atoms with E-state index in [1.165, 1.54) is 0 Å². The second kappa shape index (κ2) is 4.89. The van der Waals surface area contributed by atoms with E-state index in [4.69, 9.17) is 11.5 Å². The van der Waals surface area contributed by atoms with Gasteiger partial charge < -0.3 is 16.0 Å². The zero-order chi connectivity index (χ0) is 12.4. The first-order chi connectivity index (χ1) is 8.11. The molecule has 1 heterocycles. The van der Waals surface area contributed by atoms with Gasteiger partial charge in [-0.25, -0.2) is 0 Å². The number of benzene rings is 1. The van der Waals surface area contributed by atoms with Crippen LogP contribution in [0.15, 0.2) is 28.9 Å². The lowest BCUT2D eigenvalue weighted by atomic mass is 10.1. The van der Waals surface area contributed by atoms with Crippen LogP contribution in [0.5, 0.6) is 0 Å². The van der Waals surface area contributed by atoms with Crippen LogP contribution in [0.1, 0.15) is 5.56 Å². The molecule has 0 aliphatic carbocycles. The minimum Gasteiger partial charge on any atom is -0.368 e. The van der Waals surface area contributed by atoms with Crippen molar-refractivity contribution in [1.29, 1.82) is 0 Å². The van der Waals surface area contributed by atoms with Crippen LogP contribution in [0.2, 0.25) is 0 Å². The second-order valence-electron chi connectivity index (χ2n) is 3.95. The summed E-state index contributed by atoms with van der Waals surface area (Å²) in [6, 6.07) is 6.00. The molecule has 0 radical (unpaired) electrons. The first-order valence-corrected chi connectivity index (χ1v) is 6.16. The van der Waals surface area contributed by atoms with Gasteiger partial charge in [-0.1, -0.05) is 22.0 Å². The molecule has 90 valence electrons. The fourth-order valence-electron chi connectivity index (χ4n) is 1.99. The average molecular weight is 296 g/mol. The van der Waals surface area contributed by atoms with Crippen LogP contribution in [-0.2, 0) is 17.8 Å². The van der Waals surface area contributed by atoms with Gasteiger partial charge in [-0.05, 0) is 30.7 Å². The van der Waals surface area contributed by atoms with Gasteiger partial charge in [0.1, 0.15) is 6.54 Å². The molecule has 0 spiro atoms. The summed E-state index contributed by atoms with van der Waals surface area (Å²) >= 11 is 3.43. The van der Waals surface area contributed by atoms with Gasteiger partial charge in [-0.15, -0.1) is 0 Å².